The van der Waals surface area contributed by atoms with E-state index in [-0.39, 0.29) is 11.7 Å². The molecule has 0 saturated carbocycles. The van der Waals surface area contributed by atoms with E-state index >= 15 is 0 Å². The van der Waals surface area contributed by atoms with Crippen LogP contribution in [0.15, 0.2) is 46.9 Å². The fraction of sp³-hybridized carbons (Fsp3) is 0.235. The molecule has 0 bridgehead atoms. The molecule has 0 unspecified atom stereocenters. The molecule has 1 aliphatic heterocycles. The Hall–Kier alpha value is -1.88. The zero-order valence-corrected chi connectivity index (χ0v) is 13.7. The quantitative estimate of drug-likeness (QED) is 0.867. The average Bonchev–Trinajstić information content (AvgIpc) is 2.52. The molecule has 22 heavy (non-hydrogen) atoms. The van der Waals surface area contributed by atoms with Crippen LogP contribution in [0.4, 0.5) is 10.1 Å². The van der Waals surface area contributed by atoms with Crippen LogP contribution in [-0.4, -0.2) is 17.4 Å². The van der Waals surface area contributed by atoms with Gasteiger partial charge in [-0.2, -0.15) is 0 Å². The fourth-order valence-electron chi connectivity index (χ4n) is 2.73. The van der Waals surface area contributed by atoms with E-state index in [4.69, 9.17) is 0 Å². The summed E-state index contributed by atoms with van der Waals surface area (Å²) in [5.41, 5.74) is 1.83. The molecule has 2 aromatic carbocycles. The van der Waals surface area contributed by atoms with Crippen molar-refractivity contribution < 1.29 is 9.18 Å². The van der Waals surface area contributed by atoms with E-state index in [2.05, 4.69) is 21.2 Å². The Morgan fingerprint density at radius 3 is 2.82 bits per heavy atom. The van der Waals surface area contributed by atoms with Crippen molar-refractivity contribution in [1.82, 2.24) is 4.90 Å². The summed E-state index contributed by atoms with van der Waals surface area (Å²) < 4.78 is 15.1. The van der Waals surface area contributed by atoms with Crippen LogP contribution in [0.1, 0.15) is 35.4 Å². The molecule has 2 aromatic rings. The topological polar surface area (TPSA) is 32.3 Å². The van der Waals surface area contributed by atoms with Crippen molar-refractivity contribution in [3.8, 4) is 0 Å². The van der Waals surface area contributed by atoms with E-state index < -0.39 is 6.17 Å². The maximum absolute atomic E-state index is 14.3. The number of hydrogen-bond donors (Lipinski definition) is 1. The Kier molecular flexibility index (Phi) is 4.16. The van der Waals surface area contributed by atoms with Crippen LogP contribution in [-0.2, 0) is 0 Å². The Labute approximate surface area is 137 Å². The highest BCUT2D eigenvalue weighted by Crippen LogP contribution is 2.34. The standard InChI is InChI=1S/C17H16BrFN2O/c1-2-9-21-16(13-10-11(18)7-8-14(13)19)20-15-6-4-3-5-12(15)17(21)22/h3-8,10,16,20H,2,9H2,1H3/t16-/m1/s1. The molecule has 1 heterocycles. The molecule has 0 saturated heterocycles. The molecule has 3 rings (SSSR count). The zero-order valence-electron chi connectivity index (χ0n) is 12.1. The van der Waals surface area contributed by atoms with Gasteiger partial charge in [-0.1, -0.05) is 35.0 Å². The Bertz CT molecular complexity index is 720. The van der Waals surface area contributed by atoms with E-state index in [0.29, 0.717) is 17.7 Å². The first-order chi connectivity index (χ1) is 10.6. The van der Waals surface area contributed by atoms with Crippen LogP contribution in [0.25, 0.3) is 0 Å². The van der Waals surface area contributed by atoms with E-state index in [1.807, 2.05) is 25.1 Å². The SMILES string of the molecule is CCCN1C(=O)c2ccccc2N[C@H]1c1cc(Br)ccc1F. The minimum absolute atomic E-state index is 0.0689. The molecule has 1 N–H and O–H groups in total. The van der Waals surface area contributed by atoms with Gasteiger partial charge in [0.25, 0.3) is 5.91 Å². The number of fused-ring (bicyclic) bond motifs is 1. The Balaban J connectivity index is 2.09. The van der Waals surface area contributed by atoms with E-state index in [9.17, 15) is 9.18 Å². The second kappa shape index (κ2) is 6.08. The lowest BCUT2D eigenvalue weighted by Gasteiger charge is -2.38. The molecule has 0 fully saturated rings. The van der Waals surface area contributed by atoms with Crippen LogP contribution >= 0.6 is 15.9 Å². The number of carbonyl (C=O) groups excluding carboxylic acids is 1. The van der Waals surface area contributed by atoms with E-state index in [1.165, 1.54) is 6.07 Å². The predicted molar refractivity (Wildman–Crippen MR) is 88.2 cm³/mol. The highest BCUT2D eigenvalue weighted by atomic mass is 79.9. The summed E-state index contributed by atoms with van der Waals surface area (Å²) in [5, 5.41) is 3.29. The van der Waals surface area contributed by atoms with Gasteiger partial charge >= 0.3 is 0 Å². The Morgan fingerprint density at radius 2 is 2.05 bits per heavy atom. The monoisotopic (exact) mass is 362 g/mol. The third kappa shape index (κ3) is 2.61. The summed E-state index contributed by atoms with van der Waals surface area (Å²) in [4.78, 5) is 14.4. The normalized spacial score (nSPS) is 17.1. The lowest BCUT2D eigenvalue weighted by molar-refractivity contribution is 0.0680. The molecule has 1 aliphatic rings. The molecular formula is C17H16BrFN2O. The van der Waals surface area contributed by atoms with Crippen LogP contribution in [0, 0.1) is 5.82 Å². The summed E-state index contributed by atoms with van der Waals surface area (Å²) in [7, 11) is 0. The first-order valence-corrected chi connectivity index (χ1v) is 8.02. The molecule has 0 aromatic heterocycles. The summed E-state index contributed by atoms with van der Waals surface area (Å²) in [6.45, 7) is 2.57. The summed E-state index contributed by atoms with van der Waals surface area (Å²) in [6.07, 6.45) is 0.307. The number of hydrogen-bond acceptors (Lipinski definition) is 2. The number of benzene rings is 2. The first-order valence-electron chi connectivity index (χ1n) is 7.23. The molecule has 0 spiro atoms. The highest BCUT2D eigenvalue weighted by Gasteiger charge is 2.33. The summed E-state index contributed by atoms with van der Waals surface area (Å²) >= 11 is 3.37. The number of halogens is 2. The smallest absolute Gasteiger partial charge is 0.257 e. The van der Waals surface area contributed by atoms with Gasteiger partial charge < -0.3 is 10.2 Å². The molecule has 0 aliphatic carbocycles. The van der Waals surface area contributed by atoms with Crippen LogP contribution in [0.5, 0.6) is 0 Å². The van der Waals surface area contributed by atoms with Crippen molar-refractivity contribution in [3.63, 3.8) is 0 Å². The number of anilines is 1. The molecule has 3 nitrogen and oxygen atoms in total. The lowest BCUT2D eigenvalue weighted by atomic mass is 10.0. The highest BCUT2D eigenvalue weighted by molar-refractivity contribution is 9.10. The predicted octanol–water partition coefficient (Wildman–Crippen LogP) is 4.56. The van der Waals surface area contributed by atoms with Crippen molar-refractivity contribution in [2.24, 2.45) is 0 Å². The van der Waals surface area contributed by atoms with Gasteiger partial charge in [0, 0.05) is 22.3 Å². The minimum Gasteiger partial charge on any atom is -0.361 e. The van der Waals surface area contributed by atoms with Gasteiger partial charge in [0.2, 0.25) is 0 Å². The number of carbonyl (C=O) groups is 1. The maximum atomic E-state index is 14.3. The largest absolute Gasteiger partial charge is 0.361 e. The fourth-order valence-corrected chi connectivity index (χ4v) is 3.11. The van der Waals surface area contributed by atoms with E-state index in [0.717, 1.165) is 16.6 Å². The molecule has 5 heteroatoms. The number of nitrogens with zero attached hydrogens (tertiary/aromatic N) is 1. The van der Waals surface area contributed by atoms with Crippen molar-refractivity contribution in [3.05, 3.63) is 63.9 Å². The molecular weight excluding hydrogens is 347 g/mol. The van der Waals surface area contributed by atoms with Crippen molar-refractivity contribution in [1.29, 1.82) is 0 Å². The van der Waals surface area contributed by atoms with Crippen LogP contribution in [0.3, 0.4) is 0 Å². The van der Waals surface area contributed by atoms with Crippen molar-refractivity contribution in [2.45, 2.75) is 19.5 Å². The number of rotatable bonds is 3. The maximum Gasteiger partial charge on any atom is 0.257 e. The van der Waals surface area contributed by atoms with E-state index in [1.54, 1.807) is 23.1 Å². The number of nitrogens with one attached hydrogen (secondary N) is 1. The van der Waals surface area contributed by atoms with Gasteiger partial charge in [0.1, 0.15) is 12.0 Å². The summed E-state index contributed by atoms with van der Waals surface area (Å²) in [5.74, 6) is -0.394. The van der Waals surface area contributed by atoms with Crippen LogP contribution in [0.2, 0.25) is 0 Å². The third-order valence-corrected chi connectivity index (χ3v) is 4.23. The second-order valence-corrected chi connectivity index (χ2v) is 6.17. The van der Waals surface area contributed by atoms with Gasteiger partial charge in [-0.3, -0.25) is 4.79 Å². The number of para-hydroxylation sites is 1. The third-order valence-electron chi connectivity index (χ3n) is 3.74. The van der Waals surface area contributed by atoms with Crippen LogP contribution < -0.4 is 5.32 Å². The molecule has 0 radical (unpaired) electrons. The second-order valence-electron chi connectivity index (χ2n) is 5.26. The van der Waals surface area contributed by atoms with Gasteiger partial charge in [-0.05, 0) is 36.8 Å². The van der Waals surface area contributed by atoms with Gasteiger partial charge in [-0.15, -0.1) is 0 Å². The number of amides is 1. The molecule has 1 amide bonds. The zero-order chi connectivity index (χ0) is 15.7. The van der Waals surface area contributed by atoms with Gasteiger partial charge in [0.15, 0.2) is 0 Å². The minimum atomic E-state index is -0.500. The van der Waals surface area contributed by atoms with Crippen molar-refractivity contribution in [2.75, 3.05) is 11.9 Å². The Morgan fingerprint density at radius 1 is 1.27 bits per heavy atom. The molecule has 114 valence electrons. The molecule has 1 atom stereocenters. The lowest BCUT2D eigenvalue weighted by Crippen LogP contribution is -2.43. The first kappa shape index (κ1) is 15.0. The van der Waals surface area contributed by atoms with Gasteiger partial charge in [-0.25, -0.2) is 4.39 Å². The van der Waals surface area contributed by atoms with Crippen molar-refractivity contribution >= 4 is 27.5 Å². The van der Waals surface area contributed by atoms with Gasteiger partial charge in [0.05, 0.1) is 5.56 Å². The average molecular weight is 363 g/mol. The summed E-state index contributed by atoms with van der Waals surface area (Å²) in [6, 6.07) is 12.1.